The fraction of sp³-hybridized carbons (Fsp3) is 0.500. The molecule has 4 heteroatoms. The lowest BCUT2D eigenvalue weighted by Gasteiger charge is -2.12. The minimum atomic E-state index is -2.77. The molecule has 0 aromatic heterocycles. The normalized spacial score (nSPS) is 17.5. The minimum Gasteiger partial charge on any atom is -0.435 e. The summed E-state index contributed by atoms with van der Waals surface area (Å²) in [5, 5.41) is 0. The van der Waals surface area contributed by atoms with Crippen LogP contribution in [0.1, 0.15) is 30.9 Å². The number of rotatable bonds is 5. The quantitative estimate of drug-likeness (QED) is 0.838. The summed E-state index contributed by atoms with van der Waals surface area (Å²) in [6.07, 6.45) is 3.51. The van der Waals surface area contributed by atoms with Gasteiger partial charge in [0.2, 0.25) is 0 Å². The van der Waals surface area contributed by atoms with Crippen LogP contribution in [0, 0.1) is 5.92 Å². The molecule has 1 aliphatic carbocycles. The Balaban J connectivity index is 1.94. The molecule has 0 heterocycles. The van der Waals surface area contributed by atoms with Crippen molar-refractivity contribution in [3.05, 3.63) is 29.8 Å². The molecule has 1 atom stereocenters. The van der Waals surface area contributed by atoms with Crippen molar-refractivity contribution in [2.75, 3.05) is 0 Å². The predicted molar refractivity (Wildman–Crippen MR) is 57.3 cm³/mol. The second-order valence-corrected chi connectivity index (χ2v) is 4.23. The predicted octanol–water partition coefficient (Wildman–Crippen LogP) is 3.09. The van der Waals surface area contributed by atoms with Gasteiger partial charge in [0.1, 0.15) is 5.75 Å². The highest BCUT2D eigenvalue weighted by atomic mass is 19.3. The van der Waals surface area contributed by atoms with Crippen LogP contribution in [0.2, 0.25) is 0 Å². The molecule has 1 unspecified atom stereocenters. The van der Waals surface area contributed by atoms with Gasteiger partial charge in [-0.2, -0.15) is 8.78 Å². The van der Waals surface area contributed by atoms with Gasteiger partial charge in [-0.1, -0.05) is 25.0 Å². The van der Waals surface area contributed by atoms with Gasteiger partial charge in [-0.15, -0.1) is 0 Å². The van der Waals surface area contributed by atoms with Crippen LogP contribution in [-0.2, 0) is 0 Å². The molecule has 88 valence electrons. The molecule has 0 radical (unpaired) electrons. The molecule has 1 saturated carbocycles. The maximum atomic E-state index is 11.9. The van der Waals surface area contributed by atoms with E-state index in [1.807, 2.05) is 0 Å². The van der Waals surface area contributed by atoms with Crippen molar-refractivity contribution in [3.8, 4) is 5.75 Å². The molecule has 0 amide bonds. The van der Waals surface area contributed by atoms with E-state index in [-0.39, 0.29) is 11.8 Å². The summed E-state index contributed by atoms with van der Waals surface area (Å²) < 4.78 is 28.1. The number of nitrogens with two attached hydrogens (primary N) is 1. The SMILES string of the molecule is NC(CC1CC1)c1ccc(OC(F)F)cc1. The van der Waals surface area contributed by atoms with Gasteiger partial charge in [-0.25, -0.2) is 0 Å². The van der Waals surface area contributed by atoms with Crippen molar-refractivity contribution >= 4 is 0 Å². The van der Waals surface area contributed by atoms with Crippen LogP contribution in [0.5, 0.6) is 5.75 Å². The highest BCUT2D eigenvalue weighted by molar-refractivity contribution is 5.29. The summed E-state index contributed by atoms with van der Waals surface area (Å²) in [7, 11) is 0. The fourth-order valence-electron chi connectivity index (χ4n) is 1.75. The molecule has 0 saturated heterocycles. The van der Waals surface area contributed by atoms with Crippen molar-refractivity contribution < 1.29 is 13.5 Å². The van der Waals surface area contributed by atoms with Crippen molar-refractivity contribution in [2.45, 2.75) is 31.9 Å². The molecule has 2 rings (SSSR count). The molecular weight excluding hydrogens is 212 g/mol. The summed E-state index contributed by atoms with van der Waals surface area (Å²) >= 11 is 0. The van der Waals surface area contributed by atoms with Gasteiger partial charge >= 0.3 is 6.61 Å². The summed E-state index contributed by atoms with van der Waals surface area (Å²) in [6, 6.07) is 6.59. The molecule has 2 nitrogen and oxygen atoms in total. The molecule has 0 aliphatic heterocycles. The Hall–Kier alpha value is -1.16. The first kappa shape index (κ1) is 11.3. The van der Waals surface area contributed by atoms with Crippen molar-refractivity contribution in [2.24, 2.45) is 11.7 Å². The molecular formula is C12H15F2NO. The van der Waals surface area contributed by atoms with Crippen LogP contribution in [0.15, 0.2) is 24.3 Å². The number of halogens is 2. The topological polar surface area (TPSA) is 35.2 Å². The zero-order valence-electron chi connectivity index (χ0n) is 8.90. The Kier molecular flexibility index (Phi) is 3.39. The van der Waals surface area contributed by atoms with E-state index in [0.717, 1.165) is 17.9 Å². The zero-order chi connectivity index (χ0) is 11.5. The van der Waals surface area contributed by atoms with Gasteiger partial charge in [0.15, 0.2) is 0 Å². The zero-order valence-corrected chi connectivity index (χ0v) is 8.90. The van der Waals surface area contributed by atoms with E-state index in [0.29, 0.717) is 0 Å². The first-order valence-corrected chi connectivity index (χ1v) is 5.45. The molecule has 1 aromatic rings. The third-order valence-electron chi connectivity index (χ3n) is 2.82. The lowest BCUT2D eigenvalue weighted by molar-refractivity contribution is -0.0498. The van der Waals surface area contributed by atoms with Crippen LogP contribution in [0.25, 0.3) is 0 Å². The van der Waals surface area contributed by atoms with Crippen LogP contribution in [0.4, 0.5) is 8.78 Å². The van der Waals surface area contributed by atoms with Gasteiger partial charge in [0.05, 0.1) is 0 Å². The monoisotopic (exact) mass is 227 g/mol. The van der Waals surface area contributed by atoms with Gasteiger partial charge in [0, 0.05) is 6.04 Å². The molecule has 0 spiro atoms. The number of ether oxygens (including phenoxy) is 1. The first-order valence-electron chi connectivity index (χ1n) is 5.45. The second kappa shape index (κ2) is 4.78. The van der Waals surface area contributed by atoms with Crippen molar-refractivity contribution in [1.82, 2.24) is 0 Å². The van der Waals surface area contributed by atoms with E-state index < -0.39 is 6.61 Å². The number of alkyl halides is 2. The maximum absolute atomic E-state index is 11.9. The Morgan fingerprint density at radius 1 is 1.25 bits per heavy atom. The fourth-order valence-corrected chi connectivity index (χ4v) is 1.75. The van der Waals surface area contributed by atoms with E-state index in [4.69, 9.17) is 5.73 Å². The Morgan fingerprint density at radius 3 is 2.38 bits per heavy atom. The van der Waals surface area contributed by atoms with Gasteiger partial charge < -0.3 is 10.5 Å². The maximum Gasteiger partial charge on any atom is 0.387 e. The average Bonchev–Trinajstić information content (AvgIpc) is 3.01. The van der Waals surface area contributed by atoms with Gasteiger partial charge in [0.25, 0.3) is 0 Å². The lowest BCUT2D eigenvalue weighted by Crippen LogP contribution is -2.11. The molecule has 1 aliphatic rings. The number of hydrogen-bond acceptors (Lipinski definition) is 2. The molecule has 2 N–H and O–H groups in total. The summed E-state index contributed by atoms with van der Waals surface area (Å²) in [6.45, 7) is -2.77. The van der Waals surface area contributed by atoms with Crippen molar-refractivity contribution in [3.63, 3.8) is 0 Å². The molecule has 1 aromatic carbocycles. The minimum absolute atomic E-state index is 0.00750. The van der Waals surface area contributed by atoms with E-state index in [1.165, 1.54) is 25.0 Å². The third-order valence-corrected chi connectivity index (χ3v) is 2.82. The summed E-state index contributed by atoms with van der Waals surface area (Å²) in [4.78, 5) is 0. The highest BCUT2D eigenvalue weighted by Crippen LogP contribution is 2.36. The van der Waals surface area contributed by atoms with Crippen LogP contribution < -0.4 is 10.5 Å². The van der Waals surface area contributed by atoms with E-state index in [1.54, 1.807) is 12.1 Å². The molecule has 0 bridgehead atoms. The average molecular weight is 227 g/mol. The Bertz CT molecular complexity index is 335. The summed E-state index contributed by atoms with van der Waals surface area (Å²) in [5.41, 5.74) is 6.98. The van der Waals surface area contributed by atoms with E-state index >= 15 is 0 Å². The second-order valence-electron chi connectivity index (χ2n) is 4.23. The third kappa shape index (κ3) is 3.17. The van der Waals surface area contributed by atoms with Crippen LogP contribution in [0.3, 0.4) is 0 Å². The Morgan fingerprint density at radius 2 is 1.88 bits per heavy atom. The standard InChI is InChI=1S/C12H15F2NO/c13-12(14)16-10-5-3-9(4-6-10)11(15)7-8-1-2-8/h3-6,8,11-12H,1-2,7,15H2. The summed E-state index contributed by atoms with van der Waals surface area (Å²) in [5.74, 6) is 0.935. The molecule has 16 heavy (non-hydrogen) atoms. The largest absolute Gasteiger partial charge is 0.435 e. The Labute approximate surface area is 93.4 Å². The van der Waals surface area contributed by atoms with Crippen LogP contribution >= 0.6 is 0 Å². The lowest BCUT2D eigenvalue weighted by atomic mass is 10.0. The smallest absolute Gasteiger partial charge is 0.387 e. The van der Waals surface area contributed by atoms with E-state index in [9.17, 15) is 8.78 Å². The van der Waals surface area contributed by atoms with Crippen molar-refractivity contribution in [1.29, 1.82) is 0 Å². The van der Waals surface area contributed by atoms with Gasteiger partial charge in [-0.3, -0.25) is 0 Å². The highest BCUT2D eigenvalue weighted by Gasteiger charge is 2.24. The first-order chi connectivity index (χ1) is 7.65. The van der Waals surface area contributed by atoms with Gasteiger partial charge in [-0.05, 0) is 30.0 Å². The number of benzene rings is 1. The number of hydrogen-bond donors (Lipinski definition) is 1. The van der Waals surface area contributed by atoms with Crippen LogP contribution in [-0.4, -0.2) is 6.61 Å². The molecule has 1 fully saturated rings. The van der Waals surface area contributed by atoms with E-state index in [2.05, 4.69) is 4.74 Å².